The van der Waals surface area contributed by atoms with Crippen LogP contribution in [0.2, 0.25) is 0 Å². The molecule has 128 valence electrons. The molecule has 1 heterocycles. The number of aliphatic carboxylic acids is 1. The SMILES string of the molecule is Cc1c(C(=O)NCCC(C)(C)C(=O)O)cnn1-c1ccc(Br)cc1. The predicted molar refractivity (Wildman–Crippen MR) is 94.4 cm³/mol. The zero-order valence-corrected chi connectivity index (χ0v) is 15.4. The van der Waals surface area contributed by atoms with Gasteiger partial charge in [0.2, 0.25) is 0 Å². The number of carbonyl (C=O) groups is 2. The lowest BCUT2D eigenvalue weighted by molar-refractivity contribution is -0.147. The van der Waals surface area contributed by atoms with E-state index >= 15 is 0 Å². The van der Waals surface area contributed by atoms with Crippen molar-refractivity contribution in [1.82, 2.24) is 15.1 Å². The van der Waals surface area contributed by atoms with Gasteiger partial charge in [0.05, 0.1) is 28.6 Å². The molecule has 24 heavy (non-hydrogen) atoms. The average Bonchev–Trinajstić information content (AvgIpc) is 2.89. The average molecular weight is 394 g/mol. The number of aromatic nitrogens is 2. The van der Waals surface area contributed by atoms with Crippen LogP contribution >= 0.6 is 15.9 Å². The fourth-order valence-corrected chi connectivity index (χ4v) is 2.43. The Morgan fingerprint density at radius 3 is 2.50 bits per heavy atom. The normalized spacial score (nSPS) is 11.3. The fraction of sp³-hybridized carbons (Fsp3) is 0.353. The second-order valence-corrected chi connectivity index (χ2v) is 7.14. The number of carbonyl (C=O) groups excluding carboxylic acids is 1. The van der Waals surface area contributed by atoms with Gasteiger partial charge in [-0.15, -0.1) is 0 Å². The summed E-state index contributed by atoms with van der Waals surface area (Å²) in [7, 11) is 0. The molecule has 0 fully saturated rings. The molecule has 1 amide bonds. The first-order valence-corrected chi connectivity index (χ1v) is 8.34. The van der Waals surface area contributed by atoms with E-state index in [0.29, 0.717) is 18.5 Å². The highest BCUT2D eigenvalue weighted by Crippen LogP contribution is 2.20. The van der Waals surface area contributed by atoms with Crippen LogP contribution in [0, 0.1) is 12.3 Å². The third-order valence-electron chi connectivity index (χ3n) is 3.94. The fourth-order valence-electron chi connectivity index (χ4n) is 2.17. The van der Waals surface area contributed by atoms with E-state index in [4.69, 9.17) is 5.11 Å². The monoisotopic (exact) mass is 393 g/mol. The van der Waals surface area contributed by atoms with Gasteiger partial charge in [0.25, 0.3) is 5.91 Å². The van der Waals surface area contributed by atoms with Gasteiger partial charge in [0, 0.05) is 11.0 Å². The Bertz CT molecular complexity index is 751. The third kappa shape index (κ3) is 4.03. The molecule has 0 aliphatic heterocycles. The van der Waals surface area contributed by atoms with E-state index in [-0.39, 0.29) is 5.91 Å². The van der Waals surface area contributed by atoms with Crippen LogP contribution < -0.4 is 5.32 Å². The molecule has 2 rings (SSSR count). The summed E-state index contributed by atoms with van der Waals surface area (Å²) in [6.45, 7) is 5.39. The van der Waals surface area contributed by atoms with E-state index in [9.17, 15) is 9.59 Å². The minimum atomic E-state index is -0.879. The first kappa shape index (κ1) is 18.2. The number of halogens is 1. The van der Waals surface area contributed by atoms with E-state index in [0.717, 1.165) is 15.9 Å². The van der Waals surface area contributed by atoms with Crippen molar-refractivity contribution >= 4 is 27.8 Å². The Morgan fingerprint density at radius 1 is 1.29 bits per heavy atom. The minimum absolute atomic E-state index is 0.253. The highest BCUT2D eigenvalue weighted by Gasteiger charge is 2.26. The van der Waals surface area contributed by atoms with Crippen molar-refractivity contribution < 1.29 is 14.7 Å². The summed E-state index contributed by atoms with van der Waals surface area (Å²) >= 11 is 3.38. The van der Waals surface area contributed by atoms with Crippen LogP contribution in [0.5, 0.6) is 0 Å². The maximum Gasteiger partial charge on any atom is 0.309 e. The number of nitrogens with one attached hydrogen (secondary N) is 1. The van der Waals surface area contributed by atoms with Crippen molar-refractivity contribution in [2.45, 2.75) is 27.2 Å². The molecule has 0 bridgehead atoms. The Hall–Kier alpha value is -2.15. The smallest absolute Gasteiger partial charge is 0.309 e. The number of carboxylic acid groups (broad SMARTS) is 1. The lowest BCUT2D eigenvalue weighted by atomic mass is 9.90. The molecular weight excluding hydrogens is 374 g/mol. The van der Waals surface area contributed by atoms with Gasteiger partial charge in [-0.2, -0.15) is 5.10 Å². The highest BCUT2D eigenvalue weighted by molar-refractivity contribution is 9.10. The van der Waals surface area contributed by atoms with E-state index in [2.05, 4.69) is 26.3 Å². The van der Waals surface area contributed by atoms with Crippen molar-refractivity contribution in [1.29, 1.82) is 0 Å². The van der Waals surface area contributed by atoms with Crippen molar-refractivity contribution in [2.24, 2.45) is 5.41 Å². The lowest BCUT2D eigenvalue weighted by Gasteiger charge is -2.18. The van der Waals surface area contributed by atoms with Crippen LogP contribution in [0.4, 0.5) is 0 Å². The minimum Gasteiger partial charge on any atom is -0.481 e. The van der Waals surface area contributed by atoms with E-state index in [1.807, 2.05) is 31.2 Å². The van der Waals surface area contributed by atoms with Crippen LogP contribution in [0.25, 0.3) is 5.69 Å². The second-order valence-electron chi connectivity index (χ2n) is 6.23. The number of nitrogens with zero attached hydrogens (tertiary/aromatic N) is 2. The van der Waals surface area contributed by atoms with E-state index < -0.39 is 11.4 Å². The van der Waals surface area contributed by atoms with Crippen molar-refractivity contribution in [3.63, 3.8) is 0 Å². The molecule has 0 saturated heterocycles. The van der Waals surface area contributed by atoms with Gasteiger partial charge < -0.3 is 10.4 Å². The molecule has 7 heteroatoms. The molecule has 0 spiro atoms. The van der Waals surface area contributed by atoms with Crippen LogP contribution in [0.1, 0.15) is 36.3 Å². The van der Waals surface area contributed by atoms with Gasteiger partial charge in [-0.3, -0.25) is 9.59 Å². The van der Waals surface area contributed by atoms with Crippen LogP contribution in [-0.2, 0) is 4.79 Å². The Morgan fingerprint density at radius 2 is 1.92 bits per heavy atom. The largest absolute Gasteiger partial charge is 0.481 e. The highest BCUT2D eigenvalue weighted by atomic mass is 79.9. The van der Waals surface area contributed by atoms with Crippen LogP contribution in [0.15, 0.2) is 34.9 Å². The summed E-state index contributed by atoms with van der Waals surface area (Å²) < 4.78 is 2.66. The topological polar surface area (TPSA) is 84.2 Å². The molecule has 1 aromatic carbocycles. The van der Waals surface area contributed by atoms with Gasteiger partial charge in [-0.05, 0) is 51.5 Å². The summed E-state index contributed by atoms with van der Waals surface area (Å²) in [6.07, 6.45) is 1.88. The second kappa shape index (κ2) is 7.17. The number of hydrogen-bond donors (Lipinski definition) is 2. The first-order chi connectivity index (χ1) is 11.2. The van der Waals surface area contributed by atoms with Gasteiger partial charge >= 0.3 is 5.97 Å². The number of hydrogen-bond acceptors (Lipinski definition) is 3. The summed E-state index contributed by atoms with van der Waals surface area (Å²) in [6, 6.07) is 7.62. The standard InChI is InChI=1S/C17H20BrN3O3/c1-11-14(15(22)19-9-8-17(2,3)16(23)24)10-20-21(11)13-6-4-12(18)5-7-13/h4-7,10H,8-9H2,1-3H3,(H,19,22)(H,23,24). The number of amides is 1. The number of carboxylic acids is 1. The number of rotatable bonds is 6. The Kier molecular flexibility index (Phi) is 5.43. The molecule has 1 aromatic heterocycles. The molecule has 6 nitrogen and oxygen atoms in total. The predicted octanol–water partition coefficient (Wildman–Crippen LogP) is 3.17. The first-order valence-electron chi connectivity index (χ1n) is 7.54. The van der Waals surface area contributed by atoms with Crippen molar-refractivity contribution in [3.05, 3.63) is 46.2 Å². The zero-order valence-electron chi connectivity index (χ0n) is 13.8. The lowest BCUT2D eigenvalue weighted by Crippen LogP contribution is -2.32. The molecule has 0 radical (unpaired) electrons. The van der Waals surface area contributed by atoms with Gasteiger partial charge in [-0.1, -0.05) is 15.9 Å². The van der Waals surface area contributed by atoms with Gasteiger partial charge in [-0.25, -0.2) is 4.68 Å². The molecule has 0 aliphatic rings. The molecular formula is C17H20BrN3O3. The molecule has 0 atom stereocenters. The number of benzene rings is 1. The summed E-state index contributed by atoms with van der Waals surface area (Å²) in [5, 5.41) is 16.1. The maximum absolute atomic E-state index is 12.3. The maximum atomic E-state index is 12.3. The van der Waals surface area contributed by atoms with Crippen LogP contribution in [-0.4, -0.2) is 33.3 Å². The zero-order chi connectivity index (χ0) is 17.9. The summed E-state index contributed by atoms with van der Waals surface area (Å²) in [5.74, 6) is -1.13. The summed E-state index contributed by atoms with van der Waals surface area (Å²) in [4.78, 5) is 23.4. The molecule has 2 aromatic rings. The molecule has 0 unspecified atom stereocenters. The third-order valence-corrected chi connectivity index (χ3v) is 4.47. The van der Waals surface area contributed by atoms with E-state index in [1.165, 1.54) is 6.20 Å². The quantitative estimate of drug-likeness (QED) is 0.788. The summed E-state index contributed by atoms with van der Waals surface area (Å²) in [5.41, 5.74) is 1.20. The molecule has 2 N–H and O–H groups in total. The Balaban J connectivity index is 2.06. The van der Waals surface area contributed by atoms with Crippen LogP contribution in [0.3, 0.4) is 0 Å². The van der Waals surface area contributed by atoms with Gasteiger partial charge in [0.1, 0.15) is 0 Å². The van der Waals surface area contributed by atoms with E-state index in [1.54, 1.807) is 18.5 Å². The van der Waals surface area contributed by atoms with Gasteiger partial charge in [0.15, 0.2) is 0 Å². The van der Waals surface area contributed by atoms with Crippen molar-refractivity contribution in [3.8, 4) is 5.69 Å². The molecule has 0 saturated carbocycles. The van der Waals surface area contributed by atoms with Crippen molar-refractivity contribution in [2.75, 3.05) is 6.54 Å². The molecule has 0 aliphatic carbocycles. The Labute approximate surface area is 149 Å².